The van der Waals surface area contributed by atoms with Gasteiger partial charge in [-0.1, -0.05) is 0 Å². The summed E-state index contributed by atoms with van der Waals surface area (Å²) < 4.78 is 0. The number of hydrogen-bond acceptors (Lipinski definition) is 4. The molecule has 40 valence electrons. The molecule has 0 aliphatic carbocycles. The van der Waals surface area contributed by atoms with Gasteiger partial charge in [-0.15, -0.1) is 0 Å². The third-order valence-corrected chi connectivity index (χ3v) is 0. The molecule has 0 fully saturated rings. The van der Waals surface area contributed by atoms with Crippen LogP contribution in [0.1, 0.15) is 0 Å². The van der Waals surface area contributed by atoms with Crippen molar-refractivity contribution < 1.29 is 35.5 Å². The molecule has 0 aliphatic rings. The Kier molecular flexibility index (Phi) is 72.5. The van der Waals surface area contributed by atoms with E-state index in [0.717, 1.165) is 0 Å². The smallest absolute Gasteiger partial charge is 0.870 e. The predicted octanol–water partition coefficient (Wildman–Crippen LogP) is -1.24. The van der Waals surface area contributed by atoms with Crippen molar-refractivity contribution in [1.82, 2.24) is 0 Å². The Bertz CT molecular complexity index is 31.1. The minimum atomic E-state index is -1.75. The normalized spacial score (nSPS) is 3.43. The summed E-state index contributed by atoms with van der Waals surface area (Å²) in [6, 6.07) is 0. The standard InChI is InChI=1S/NO3.2H2O.Zn/c2-1(3)4;;;/h;2*1H2;/q-1;;;+2/p-1. The molecule has 0 saturated carbocycles. The van der Waals surface area contributed by atoms with Crippen molar-refractivity contribution in [2.24, 2.45) is 0 Å². The van der Waals surface area contributed by atoms with E-state index in [9.17, 15) is 0 Å². The first-order valence-electron chi connectivity index (χ1n) is 0.548. The third kappa shape index (κ3) is 1220. The van der Waals surface area contributed by atoms with E-state index in [1.54, 1.807) is 0 Å². The fourth-order valence-electron chi connectivity index (χ4n) is 0. The predicted molar refractivity (Wildman–Crippen MR) is 15.9 cm³/mol. The zero-order valence-electron chi connectivity index (χ0n) is 3.33. The first-order chi connectivity index (χ1) is 1.73. The van der Waals surface area contributed by atoms with E-state index in [1.165, 1.54) is 0 Å². The molecule has 7 heteroatoms. The molecule has 0 rings (SSSR count). The van der Waals surface area contributed by atoms with Gasteiger partial charge in [0.05, 0.1) is 5.09 Å². The van der Waals surface area contributed by atoms with Gasteiger partial charge in [-0.25, -0.2) is 0 Å². The fourth-order valence-corrected chi connectivity index (χ4v) is 0. The molecule has 0 aliphatic heterocycles. The number of hydrogen-bond donors (Lipinski definition) is 0. The van der Waals surface area contributed by atoms with E-state index in [2.05, 4.69) is 0 Å². The number of rotatable bonds is 0. The summed E-state index contributed by atoms with van der Waals surface area (Å²) in [5.74, 6) is 0. The Labute approximate surface area is 51.6 Å². The van der Waals surface area contributed by atoms with Crippen molar-refractivity contribution in [3.8, 4) is 0 Å². The van der Waals surface area contributed by atoms with Gasteiger partial charge in [0.2, 0.25) is 0 Å². The van der Waals surface area contributed by atoms with Crippen LogP contribution in [0.2, 0.25) is 0 Å². The molecular weight excluding hydrogens is 159 g/mol. The van der Waals surface area contributed by atoms with Crippen molar-refractivity contribution in [2.75, 3.05) is 0 Å². The van der Waals surface area contributed by atoms with Crippen LogP contribution >= 0.6 is 0 Å². The van der Waals surface area contributed by atoms with E-state index in [4.69, 9.17) is 15.3 Å². The van der Waals surface area contributed by atoms with Gasteiger partial charge in [-0.2, -0.15) is 0 Å². The molecule has 0 aromatic heterocycles. The van der Waals surface area contributed by atoms with Crippen LogP contribution in [0, 0.1) is 15.3 Å². The van der Waals surface area contributed by atoms with Crippen molar-refractivity contribution in [1.29, 1.82) is 0 Å². The molecule has 7 heavy (non-hydrogen) atoms. The van der Waals surface area contributed by atoms with Gasteiger partial charge in [0.15, 0.2) is 0 Å². The Balaban J connectivity index is -0.0000000150. The summed E-state index contributed by atoms with van der Waals surface area (Å²) in [5, 5.41) is 14.8. The largest absolute Gasteiger partial charge is 2.00 e. The van der Waals surface area contributed by atoms with Gasteiger partial charge in [0.1, 0.15) is 0 Å². The first-order valence-corrected chi connectivity index (χ1v) is 0.548. The summed E-state index contributed by atoms with van der Waals surface area (Å²) in [6.45, 7) is 0. The van der Waals surface area contributed by atoms with Gasteiger partial charge in [0.25, 0.3) is 0 Å². The molecular formula is H3NO5Zn. The van der Waals surface area contributed by atoms with Gasteiger partial charge < -0.3 is 26.3 Å². The van der Waals surface area contributed by atoms with Gasteiger partial charge in [0, 0.05) is 0 Å². The second-order valence-electron chi connectivity index (χ2n) is 0.224. The van der Waals surface area contributed by atoms with Gasteiger partial charge in [-0.3, -0.25) is 0 Å². The van der Waals surface area contributed by atoms with Crippen molar-refractivity contribution >= 4 is 0 Å². The van der Waals surface area contributed by atoms with Crippen LogP contribution < -0.4 is 0 Å². The summed E-state index contributed by atoms with van der Waals surface area (Å²) in [6.07, 6.45) is 0. The second kappa shape index (κ2) is 17.2. The van der Waals surface area contributed by atoms with Crippen molar-refractivity contribution in [3.05, 3.63) is 15.3 Å². The SMILES string of the molecule is O.O=[N+]([O-])[O-].[OH-].[Zn+2]. The summed E-state index contributed by atoms with van der Waals surface area (Å²) in [4.78, 5) is 8.25. The summed E-state index contributed by atoms with van der Waals surface area (Å²) in [5.41, 5.74) is 0. The van der Waals surface area contributed by atoms with Crippen LogP contribution in [-0.2, 0) is 19.5 Å². The minimum Gasteiger partial charge on any atom is -0.870 e. The van der Waals surface area contributed by atoms with E-state index in [0.29, 0.717) is 0 Å². The van der Waals surface area contributed by atoms with Crippen LogP contribution in [0.15, 0.2) is 0 Å². The maximum atomic E-state index is 8.25. The fraction of sp³-hybridized carbons (Fsp3) is 0. The van der Waals surface area contributed by atoms with Crippen molar-refractivity contribution in [2.45, 2.75) is 0 Å². The van der Waals surface area contributed by atoms with E-state index < -0.39 is 5.09 Å². The Morgan fingerprint density at radius 3 is 1.29 bits per heavy atom. The van der Waals surface area contributed by atoms with Gasteiger partial charge in [-0.05, 0) is 0 Å². The van der Waals surface area contributed by atoms with E-state index >= 15 is 0 Å². The molecule has 0 saturated heterocycles. The Morgan fingerprint density at radius 2 is 1.29 bits per heavy atom. The average molecular weight is 162 g/mol. The molecule has 0 spiro atoms. The average Bonchev–Trinajstić information content (AvgIpc) is 0.811. The topological polar surface area (TPSA) is 128 Å². The Morgan fingerprint density at radius 1 is 1.29 bits per heavy atom. The van der Waals surface area contributed by atoms with Crippen LogP contribution in [0.25, 0.3) is 0 Å². The molecule has 0 atom stereocenters. The van der Waals surface area contributed by atoms with Crippen LogP contribution in [0.5, 0.6) is 0 Å². The summed E-state index contributed by atoms with van der Waals surface area (Å²) in [7, 11) is 0. The van der Waals surface area contributed by atoms with Gasteiger partial charge >= 0.3 is 19.5 Å². The first kappa shape index (κ1) is 29.6. The molecule has 0 aromatic carbocycles. The quantitative estimate of drug-likeness (QED) is 0.250. The molecule has 6 nitrogen and oxygen atoms in total. The second-order valence-corrected chi connectivity index (χ2v) is 0.224. The van der Waals surface area contributed by atoms with Crippen molar-refractivity contribution in [3.63, 3.8) is 0 Å². The molecule has 0 amide bonds. The number of nitrogens with zero attached hydrogens (tertiary/aromatic N) is 1. The van der Waals surface area contributed by atoms with E-state index in [1.807, 2.05) is 0 Å². The van der Waals surface area contributed by atoms with Crippen LogP contribution in [-0.4, -0.2) is 16.0 Å². The molecule has 0 heterocycles. The maximum absolute atomic E-state index is 8.25. The zero-order chi connectivity index (χ0) is 3.58. The molecule has 0 unspecified atom stereocenters. The molecule has 0 bridgehead atoms. The third-order valence-electron chi connectivity index (χ3n) is 0. The summed E-state index contributed by atoms with van der Waals surface area (Å²) >= 11 is 0. The molecule has 0 radical (unpaired) electrons. The zero-order valence-corrected chi connectivity index (χ0v) is 6.29. The van der Waals surface area contributed by atoms with E-state index in [-0.39, 0.29) is 30.4 Å². The minimum absolute atomic E-state index is 0. The maximum Gasteiger partial charge on any atom is 2.00 e. The molecule has 3 N–H and O–H groups in total. The Hall–Kier alpha value is -0.257. The van der Waals surface area contributed by atoms with Crippen LogP contribution in [0.4, 0.5) is 0 Å². The monoisotopic (exact) mass is 161 g/mol. The van der Waals surface area contributed by atoms with Crippen LogP contribution in [0.3, 0.4) is 0 Å². The molecule has 0 aromatic rings.